The molecule has 0 saturated heterocycles. The van der Waals surface area contributed by atoms with E-state index in [0.29, 0.717) is 0 Å². The molecular formula is C18H30O. The Bertz CT molecular complexity index is 302. The summed E-state index contributed by atoms with van der Waals surface area (Å²) in [6, 6.07) is 8.73. The summed E-state index contributed by atoms with van der Waals surface area (Å²) >= 11 is 0. The van der Waals surface area contributed by atoms with Gasteiger partial charge in [0, 0.05) is 6.61 Å². The highest BCUT2D eigenvalue weighted by Crippen LogP contribution is 2.12. The number of benzene rings is 1. The smallest absolute Gasteiger partial charge is 0.0471 e. The van der Waals surface area contributed by atoms with Gasteiger partial charge in [-0.3, -0.25) is 0 Å². The summed E-state index contributed by atoms with van der Waals surface area (Å²) < 4.78 is 0. The van der Waals surface area contributed by atoms with Gasteiger partial charge in [0.1, 0.15) is 0 Å². The topological polar surface area (TPSA) is 20.2 Å². The molecule has 1 rings (SSSR count). The highest BCUT2D eigenvalue weighted by atomic mass is 16.2. The van der Waals surface area contributed by atoms with Gasteiger partial charge in [-0.05, 0) is 30.4 Å². The molecule has 0 atom stereocenters. The molecule has 0 amide bonds. The van der Waals surface area contributed by atoms with E-state index in [4.69, 9.17) is 5.11 Å². The van der Waals surface area contributed by atoms with Crippen molar-refractivity contribution in [3.63, 3.8) is 0 Å². The summed E-state index contributed by atoms with van der Waals surface area (Å²) in [6.07, 6.45) is 13.0. The number of aliphatic hydroxyl groups excluding tert-OH is 1. The molecule has 0 unspecified atom stereocenters. The average Bonchev–Trinajstić information content (AvgIpc) is 2.44. The third kappa shape index (κ3) is 8.05. The molecule has 19 heavy (non-hydrogen) atoms. The van der Waals surface area contributed by atoms with Gasteiger partial charge in [0.05, 0.1) is 0 Å². The monoisotopic (exact) mass is 262 g/mol. The summed E-state index contributed by atoms with van der Waals surface area (Å²) in [7, 11) is 0. The standard InChI is InChI=1S/C18H30O/c1-2-3-4-5-6-7-8-9-10-17-11-13-18(14-12-17)15-16-19/h11-14,19H,2-10,15-16H2,1H3. The van der Waals surface area contributed by atoms with Crippen molar-refractivity contribution in [2.45, 2.75) is 71.1 Å². The first-order chi connectivity index (χ1) is 9.36. The van der Waals surface area contributed by atoms with Crippen LogP contribution in [-0.4, -0.2) is 11.7 Å². The summed E-state index contributed by atoms with van der Waals surface area (Å²) in [5.74, 6) is 0. The van der Waals surface area contributed by atoms with Gasteiger partial charge >= 0.3 is 0 Å². The Labute approximate surface area is 119 Å². The molecular weight excluding hydrogens is 232 g/mol. The zero-order valence-corrected chi connectivity index (χ0v) is 12.5. The Morgan fingerprint density at radius 2 is 1.16 bits per heavy atom. The number of hydrogen-bond acceptors (Lipinski definition) is 1. The van der Waals surface area contributed by atoms with Crippen LogP contribution in [0.25, 0.3) is 0 Å². The molecule has 1 aromatic carbocycles. The van der Waals surface area contributed by atoms with Crippen LogP contribution in [0.5, 0.6) is 0 Å². The van der Waals surface area contributed by atoms with Crippen LogP contribution >= 0.6 is 0 Å². The minimum atomic E-state index is 0.247. The lowest BCUT2D eigenvalue weighted by Gasteiger charge is -2.04. The minimum Gasteiger partial charge on any atom is -0.396 e. The molecule has 108 valence electrons. The van der Waals surface area contributed by atoms with Gasteiger partial charge in [0.15, 0.2) is 0 Å². The van der Waals surface area contributed by atoms with Crippen molar-refractivity contribution in [2.75, 3.05) is 6.61 Å². The average molecular weight is 262 g/mol. The van der Waals surface area contributed by atoms with Crippen molar-refractivity contribution in [3.05, 3.63) is 35.4 Å². The van der Waals surface area contributed by atoms with E-state index >= 15 is 0 Å². The first kappa shape index (κ1) is 16.2. The van der Waals surface area contributed by atoms with Crippen molar-refractivity contribution >= 4 is 0 Å². The van der Waals surface area contributed by atoms with Gasteiger partial charge < -0.3 is 5.11 Å². The first-order valence-corrected chi connectivity index (χ1v) is 8.05. The third-order valence-electron chi connectivity index (χ3n) is 3.74. The van der Waals surface area contributed by atoms with Gasteiger partial charge in [-0.2, -0.15) is 0 Å². The van der Waals surface area contributed by atoms with E-state index in [-0.39, 0.29) is 6.61 Å². The second kappa shape index (κ2) is 11.0. The largest absolute Gasteiger partial charge is 0.396 e. The minimum absolute atomic E-state index is 0.247. The molecule has 0 fully saturated rings. The summed E-state index contributed by atoms with van der Waals surface area (Å²) in [6.45, 7) is 2.52. The first-order valence-electron chi connectivity index (χ1n) is 8.05. The predicted octanol–water partition coefficient (Wildman–Crippen LogP) is 4.90. The maximum atomic E-state index is 8.87. The van der Waals surface area contributed by atoms with Crippen LogP contribution in [0.2, 0.25) is 0 Å². The lowest BCUT2D eigenvalue weighted by molar-refractivity contribution is 0.299. The fraction of sp³-hybridized carbons (Fsp3) is 0.667. The van der Waals surface area contributed by atoms with Crippen LogP contribution in [-0.2, 0) is 12.8 Å². The Balaban J connectivity index is 2.02. The molecule has 0 spiro atoms. The van der Waals surface area contributed by atoms with E-state index in [1.165, 1.54) is 68.9 Å². The molecule has 1 heteroatoms. The van der Waals surface area contributed by atoms with Crippen LogP contribution in [0, 0.1) is 0 Å². The van der Waals surface area contributed by atoms with Gasteiger partial charge in [0.25, 0.3) is 0 Å². The van der Waals surface area contributed by atoms with Crippen molar-refractivity contribution in [1.29, 1.82) is 0 Å². The van der Waals surface area contributed by atoms with Crippen LogP contribution in [0.1, 0.15) is 69.4 Å². The van der Waals surface area contributed by atoms with E-state index in [1.54, 1.807) is 0 Å². The molecule has 0 aromatic heterocycles. The summed E-state index contributed by atoms with van der Waals surface area (Å²) in [5.41, 5.74) is 2.68. The molecule has 0 radical (unpaired) electrons. The summed E-state index contributed by atoms with van der Waals surface area (Å²) in [5, 5.41) is 8.87. The Hall–Kier alpha value is -0.820. The number of aryl methyl sites for hydroxylation is 1. The number of aliphatic hydroxyl groups is 1. The summed E-state index contributed by atoms with van der Waals surface area (Å²) in [4.78, 5) is 0. The van der Waals surface area contributed by atoms with Crippen LogP contribution in [0.4, 0.5) is 0 Å². The van der Waals surface area contributed by atoms with Gasteiger partial charge in [-0.15, -0.1) is 0 Å². The fourth-order valence-corrected chi connectivity index (χ4v) is 2.46. The van der Waals surface area contributed by atoms with Crippen LogP contribution in [0.3, 0.4) is 0 Å². The van der Waals surface area contributed by atoms with Crippen molar-refractivity contribution in [2.24, 2.45) is 0 Å². The van der Waals surface area contributed by atoms with E-state index in [1.807, 2.05) is 0 Å². The van der Waals surface area contributed by atoms with E-state index in [2.05, 4.69) is 31.2 Å². The maximum absolute atomic E-state index is 8.87. The zero-order chi connectivity index (χ0) is 13.8. The quantitative estimate of drug-likeness (QED) is 0.562. The van der Waals surface area contributed by atoms with Crippen molar-refractivity contribution in [1.82, 2.24) is 0 Å². The molecule has 0 aliphatic rings. The molecule has 0 aliphatic carbocycles. The molecule has 1 nitrogen and oxygen atoms in total. The molecule has 1 N–H and O–H groups in total. The van der Waals surface area contributed by atoms with Crippen molar-refractivity contribution in [3.8, 4) is 0 Å². The lowest BCUT2D eigenvalue weighted by Crippen LogP contribution is -1.91. The van der Waals surface area contributed by atoms with E-state index in [9.17, 15) is 0 Å². The van der Waals surface area contributed by atoms with Gasteiger partial charge in [0.2, 0.25) is 0 Å². The third-order valence-corrected chi connectivity index (χ3v) is 3.74. The second-order valence-electron chi connectivity index (χ2n) is 5.51. The number of rotatable bonds is 11. The van der Waals surface area contributed by atoms with E-state index < -0.39 is 0 Å². The van der Waals surface area contributed by atoms with Crippen molar-refractivity contribution < 1.29 is 5.11 Å². The number of hydrogen-bond donors (Lipinski definition) is 1. The maximum Gasteiger partial charge on any atom is 0.0471 e. The molecule has 0 saturated carbocycles. The van der Waals surface area contributed by atoms with Crippen LogP contribution < -0.4 is 0 Å². The Kier molecular flexibility index (Phi) is 9.44. The zero-order valence-electron chi connectivity index (χ0n) is 12.5. The lowest BCUT2D eigenvalue weighted by atomic mass is 10.0. The Morgan fingerprint density at radius 3 is 1.68 bits per heavy atom. The molecule has 0 bridgehead atoms. The van der Waals surface area contributed by atoms with Gasteiger partial charge in [-0.25, -0.2) is 0 Å². The predicted molar refractivity (Wildman–Crippen MR) is 83.5 cm³/mol. The highest BCUT2D eigenvalue weighted by molar-refractivity contribution is 5.22. The highest BCUT2D eigenvalue weighted by Gasteiger charge is 1.96. The second-order valence-corrected chi connectivity index (χ2v) is 5.51. The normalized spacial score (nSPS) is 10.8. The fourth-order valence-electron chi connectivity index (χ4n) is 2.46. The van der Waals surface area contributed by atoms with Crippen LogP contribution in [0.15, 0.2) is 24.3 Å². The number of unbranched alkanes of at least 4 members (excludes halogenated alkanes) is 7. The molecule has 0 heterocycles. The van der Waals surface area contributed by atoms with Gasteiger partial charge in [-0.1, -0.05) is 76.1 Å². The SMILES string of the molecule is CCCCCCCCCCc1ccc(CCO)cc1. The Morgan fingerprint density at radius 1 is 0.684 bits per heavy atom. The molecule has 1 aromatic rings. The van der Waals surface area contributed by atoms with E-state index in [0.717, 1.165) is 6.42 Å². The molecule has 0 aliphatic heterocycles.